The highest BCUT2D eigenvalue weighted by Crippen LogP contribution is 2.10. The van der Waals surface area contributed by atoms with E-state index in [1.807, 2.05) is 0 Å². The summed E-state index contributed by atoms with van der Waals surface area (Å²) in [7, 11) is 0. The molecule has 0 saturated carbocycles. The monoisotopic (exact) mass is 252 g/mol. The molecule has 106 valence electrons. The summed E-state index contributed by atoms with van der Waals surface area (Å²) in [5.41, 5.74) is 0. The van der Waals surface area contributed by atoms with Gasteiger partial charge in [0.05, 0.1) is 6.10 Å². The van der Waals surface area contributed by atoms with Crippen LogP contribution in [0, 0.1) is 0 Å². The number of hydrogen-bond acceptors (Lipinski definition) is 1. The summed E-state index contributed by atoms with van der Waals surface area (Å²) >= 11 is 0. The quantitative estimate of drug-likeness (QED) is 0.344. The molecule has 1 nitrogen and oxygen atoms in total. The van der Waals surface area contributed by atoms with Gasteiger partial charge in [0.25, 0.3) is 0 Å². The van der Waals surface area contributed by atoms with Gasteiger partial charge in [-0.25, -0.2) is 0 Å². The van der Waals surface area contributed by atoms with Gasteiger partial charge in [-0.1, -0.05) is 70.1 Å². The molecule has 0 aromatic rings. The topological polar surface area (TPSA) is 20.2 Å². The van der Waals surface area contributed by atoms with Crippen molar-refractivity contribution in [2.75, 3.05) is 0 Å². The van der Waals surface area contributed by atoms with Gasteiger partial charge in [-0.3, -0.25) is 0 Å². The third-order valence-corrected chi connectivity index (χ3v) is 3.29. The highest BCUT2D eigenvalue weighted by atomic mass is 16.3. The summed E-state index contributed by atoms with van der Waals surface area (Å²) in [5.74, 6) is 0. The molecule has 0 aliphatic carbocycles. The number of aliphatic hydroxyl groups is 1. The van der Waals surface area contributed by atoms with Crippen LogP contribution in [0.3, 0.4) is 0 Å². The molecular formula is C17H32O. The molecular weight excluding hydrogens is 220 g/mol. The summed E-state index contributed by atoms with van der Waals surface area (Å²) in [6, 6.07) is 0. The summed E-state index contributed by atoms with van der Waals surface area (Å²) in [5, 5.41) is 9.27. The van der Waals surface area contributed by atoms with E-state index in [0.717, 1.165) is 12.8 Å². The van der Waals surface area contributed by atoms with Crippen molar-refractivity contribution < 1.29 is 5.11 Å². The molecule has 0 heterocycles. The van der Waals surface area contributed by atoms with Crippen molar-refractivity contribution in [2.45, 2.75) is 83.7 Å². The first-order valence-electron chi connectivity index (χ1n) is 7.76. The molecule has 0 bridgehead atoms. The Morgan fingerprint density at radius 1 is 0.889 bits per heavy atom. The molecule has 0 aromatic heterocycles. The van der Waals surface area contributed by atoms with Gasteiger partial charge in [-0.2, -0.15) is 0 Å². The Kier molecular flexibility index (Phi) is 14.0. The molecule has 0 amide bonds. The highest BCUT2D eigenvalue weighted by molar-refractivity contribution is 4.85. The summed E-state index contributed by atoms with van der Waals surface area (Å²) in [4.78, 5) is 0. The predicted molar refractivity (Wildman–Crippen MR) is 81.8 cm³/mol. The van der Waals surface area contributed by atoms with Crippen LogP contribution in [0.5, 0.6) is 0 Å². The van der Waals surface area contributed by atoms with E-state index in [9.17, 15) is 5.11 Å². The Bertz CT molecular complexity index is 196. The third-order valence-electron chi connectivity index (χ3n) is 3.29. The van der Waals surface area contributed by atoms with Crippen LogP contribution in [0.2, 0.25) is 0 Å². The molecule has 0 spiro atoms. The second-order valence-corrected chi connectivity index (χ2v) is 5.12. The third kappa shape index (κ3) is 13.5. The van der Waals surface area contributed by atoms with Crippen LogP contribution in [0.1, 0.15) is 77.6 Å². The molecule has 0 aliphatic heterocycles. The van der Waals surface area contributed by atoms with E-state index in [1.54, 1.807) is 6.08 Å². The Balaban J connectivity index is 3.10. The maximum Gasteiger partial charge on any atom is 0.0721 e. The first kappa shape index (κ1) is 17.4. The second-order valence-electron chi connectivity index (χ2n) is 5.12. The standard InChI is InChI=1S/C17H32O/c1-3-5-6-7-8-9-10-11-12-13-14-15-16-17(18)4-2/h4,13-14,17-18H,2-3,5-12,15-16H2,1H3/b14-13+. The molecule has 0 aromatic carbocycles. The van der Waals surface area contributed by atoms with Crippen LogP contribution in [0.25, 0.3) is 0 Å². The number of allylic oxidation sites excluding steroid dienone is 2. The Hall–Kier alpha value is -0.560. The highest BCUT2D eigenvalue weighted by Gasteiger charge is 1.94. The van der Waals surface area contributed by atoms with Crippen LogP contribution in [-0.2, 0) is 0 Å². The van der Waals surface area contributed by atoms with Crippen molar-refractivity contribution >= 4 is 0 Å². The zero-order valence-electron chi connectivity index (χ0n) is 12.2. The minimum absolute atomic E-state index is 0.335. The minimum atomic E-state index is -0.335. The Labute approximate surface area is 114 Å². The first-order chi connectivity index (χ1) is 8.81. The van der Waals surface area contributed by atoms with Gasteiger partial charge in [0, 0.05) is 0 Å². The normalized spacial score (nSPS) is 13.0. The molecule has 0 radical (unpaired) electrons. The molecule has 18 heavy (non-hydrogen) atoms. The Morgan fingerprint density at radius 3 is 2.06 bits per heavy atom. The van der Waals surface area contributed by atoms with E-state index < -0.39 is 0 Å². The average Bonchev–Trinajstić information content (AvgIpc) is 2.39. The van der Waals surface area contributed by atoms with Gasteiger partial charge >= 0.3 is 0 Å². The first-order valence-corrected chi connectivity index (χ1v) is 7.76. The van der Waals surface area contributed by atoms with Crippen LogP contribution in [0.15, 0.2) is 24.8 Å². The average molecular weight is 252 g/mol. The van der Waals surface area contributed by atoms with Gasteiger partial charge in [0.1, 0.15) is 0 Å². The van der Waals surface area contributed by atoms with Crippen molar-refractivity contribution in [3.63, 3.8) is 0 Å². The lowest BCUT2D eigenvalue weighted by Gasteiger charge is -2.01. The summed E-state index contributed by atoms with van der Waals surface area (Å²) in [6.45, 7) is 5.83. The van der Waals surface area contributed by atoms with Crippen molar-refractivity contribution in [1.82, 2.24) is 0 Å². The molecule has 1 atom stereocenters. The largest absolute Gasteiger partial charge is 0.389 e. The minimum Gasteiger partial charge on any atom is -0.389 e. The zero-order valence-corrected chi connectivity index (χ0v) is 12.2. The molecule has 0 aliphatic rings. The van der Waals surface area contributed by atoms with Gasteiger partial charge in [0.2, 0.25) is 0 Å². The van der Waals surface area contributed by atoms with E-state index in [-0.39, 0.29) is 6.10 Å². The maximum atomic E-state index is 9.27. The van der Waals surface area contributed by atoms with Gasteiger partial charge in [-0.15, -0.1) is 6.58 Å². The van der Waals surface area contributed by atoms with E-state index in [4.69, 9.17) is 0 Å². The van der Waals surface area contributed by atoms with Crippen molar-refractivity contribution in [2.24, 2.45) is 0 Å². The molecule has 0 rings (SSSR count). The molecule has 0 fully saturated rings. The van der Waals surface area contributed by atoms with Gasteiger partial charge < -0.3 is 5.11 Å². The smallest absolute Gasteiger partial charge is 0.0721 e. The predicted octanol–water partition coefficient (Wildman–Crippen LogP) is 5.40. The number of rotatable bonds is 13. The number of aliphatic hydroxyl groups excluding tert-OH is 1. The van der Waals surface area contributed by atoms with Crippen LogP contribution >= 0.6 is 0 Å². The lowest BCUT2D eigenvalue weighted by atomic mass is 10.1. The lowest BCUT2D eigenvalue weighted by Crippen LogP contribution is -1.99. The zero-order chi connectivity index (χ0) is 13.5. The molecule has 1 unspecified atom stereocenters. The van der Waals surface area contributed by atoms with E-state index in [1.165, 1.54) is 57.8 Å². The van der Waals surface area contributed by atoms with E-state index >= 15 is 0 Å². The molecule has 1 N–H and O–H groups in total. The van der Waals surface area contributed by atoms with Crippen molar-refractivity contribution in [3.05, 3.63) is 24.8 Å². The van der Waals surface area contributed by atoms with Crippen molar-refractivity contribution in [1.29, 1.82) is 0 Å². The van der Waals surface area contributed by atoms with E-state index in [0.29, 0.717) is 0 Å². The maximum absolute atomic E-state index is 9.27. The van der Waals surface area contributed by atoms with Crippen molar-refractivity contribution in [3.8, 4) is 0 Å². The van der Waals surface area contributed by atoms with Gasteiger partial charge in [0.15, 0.2) is 0 Å². The number of hydrogen-bond donors (Lipinski definition) is 1. The van der Waals surface area contributed by atoms with Crippen LogP contribution in [0.4, 0.5) is 0 Å². The molecule has 1 heteroatoms. The SMILES string of the molecule is C=CC(O)CC/C=C/CCCCCCCCCC. The number of unbranched alkanes of at least 4 members (excludes halogenated alkanes) is 8. The fraction of sp³-hybridized carbons (Fsp3) is 0.765. The van der Waals surface area contributed by atoms with Crippen LogP contribution in [-0.4, -0.2) is 11.2 Å². The van der Waals surface area contributed by atoms with E-state index in [2.05, 4.69) is 25.7 Å². The van der Waals surface area contributed by atoms with Gasteiger partial charge in [-0.05, 0) is 25.7 Å². The summed E-state index contributed by atoms with van der Waals surface area (Å²) < 4.78 is 0. The fourth-order valence-electron chi connectivity index (χ4n) is 2.02. The Morgan fingerprint density at radius 2 is 1.44 bits per heavy atom. The van der Waals surface area contributed by atoms with Crippen LogP contribution < -0.4 is 0 Å². The molecule has 0 saturated heterocycles. The second kappa shape index (κ2) is 14.5. The summed E-state index contributed by atoms with van der Waals surface area (Å²) in [6.07, 6.45) is 19.7. The lowest BCUT2D eigenvalue weighted by molar-refractivity contribution is 0.214. The fourth-order valence-corrected chi connectivity index (χ4v) is 2.02.